The molecule has 0 aliphatic rings. The van der Waals surface area contributed by atoms with Crippen molar-refractivity contribution in [3.05, 3.63) is 65.2 Å². The van der Waals surface area contributed by atoms with Crippen molar-refractivity contribution < 1.29 is 14.3 Å². The van der Waals surface area contributed by atoms with Crippen molar-refractivity contribution >= 4 is 11.8 Å². The summed E-state index contributed by atoms with van der Waals surface area (Å²) < 4.78 is 5.21. The number of hydrogen-bond acceptors (Lipinski definition) is 3. The molecule has 0 unspecified atom stereocenters. The Morgan fingerprint density at radius 3 is 2.31 bits per heavy atom. The maximum absolute atomic E-state index is 13.2. The Kier molecular flexibility index (Phi) is 8.25. The van der Waals surface area contributed by atoms with Crippen LogP contribution in [0.4, 0.5) is 0 Å². The first-order chi connectivity index (χ1) is 13.8. The van der Waals surface area contributed by atoms with Gasteiger partial charge in [-0.1, -0.05) is 43.3 Å². The summed E-state index contributed by atoms with van der Waals surface area (Å²) in [6.07, 6.45) is 1.11. The van der Waals surface area contributed by atoms with Crippen molar-refractivity contribution in [1.29, 1.82) is 0 Å². The predicted octanol–water partition coefficient (Wildman–Crippen LogP) is 3.88. The molecule has 0 saturated heterocycles. The molecule has 0 radical (unpaired) electrons. The fourth-order valence-corrected chi connectivity index (χ4v) is 3.05. The van der Waals surface area contributed by atoms with Gasteiger partial charge in [-0.3, -0.25) is 9.59 Å². The van der Waals surface area contributed by atoms with Crippen LogP contribution in [0.15, 0.2) is 48.5 Å². The van der Waals surface area contributed by atoms with Crippen LogP contribution in [0.5, 0.6) is 5.75 Å². The maximum Gasteiger partial charge on any atom is 0.242 e. The number of nitrogens with zero attached hydrogens (tertiary/aromatic N) is 1. The van der Waals surface area contributed by atoms with Gasteiger partial charge >= 0.3 is 0 Å². The quantitative estimate of drug-likeness (QED) is 0.700. The van der Waals surface area contributed by atoms with E-state index in [1.165, 1.54) is 0 Å². The third kappa shape index (κ3) is 6.34. The van der Waals surface area contributed by atoms with Gasteiger partial charge < -0.3 is 15.0 Å². The van der Waals surface area contributed by atoms with E-state index in [2.05, 4.69) is 5.32 Å². The van der Waals surface area contributed by atoms with Gasteiger partial charge in [0, 0.05) is 12.6 Å². The number of amides is 2. The molecule has 5 nitrogen and oxygen atoms in total. The summed E-state index contributed by atoms with van der Waals surface area (Å²) in [4.78, 5) is 27.6. The van der Waals surface area contributed by atoms with Crippen LogP contribution in [-0.4, -0.2) is 35.9 Å². The molecule has 0 saturated carbocycles. The summed E-state index contributed by atoms with van der Waals surface area (Å²) >= 11 is 0. The fourth-order valence-electron chi connectivity index (χ4n) is 3.05. The van der Waals surface area contributed by atoms with Crippen molar-refractivity contribution in [2.45, 2.75) is 59.2 Å². The van der Waals surface area contributed by atoms with Gasteiger partial charge in [0.05, 0.1) is 13.5 Å². The van der Waals surface area contributed by atoms with E-state index < -0.39 is 6.04 Å². The molecule has 156 valence electrons. The third-order valence-electron chi connectivity index (χ3n) is 5.28. The first-order valence-corrected chi connectivity index (χ1v) is 10.1. The second kappa shape index (κ2) is 10.6. The van der Waals surface area contributed by atoms with E-state index in [0.29, 0.717) is 6.54 Å². The van der Waals surface area contributed by atoms with Crippen LogP contribution in [0.25, 0.3) is 0 Å². The number of rotatable bonds is 9. The number of aryl methyl sites for hydroxylation is 1. The number of benzene rings is 2. The molecule has 0 aliphatic heterocycles. The molecule has 0 aliphatic carbocycles. The molecular formula is C24H32N2O3. The zero-order valence-electron chi connectivity index (χ0n) is 18.1. The van der Waals surface area contributed by atoms with Gasteiger partial charge in [-0.05, 0) is 56.0 Å². The minimum Gasteiger partial charge on any atom is -0.497 e. The number of nitrogens with one attached hydrogen (secondary N) is 1. The molecule has 2 rings (SSSR count). The number of hydrogen-bond donors (Lipinski definition) is 1. The Morgan fingerprint density at radius 1 is 1.07 bits per heavy atom. The van der Waals surface area contributed by atoms with E-state index in [1.807, 2.05) is 69.3 Å². The molecule has 2 aromatic carbocycles. The van der Waals surface area contributed by atoms with E-state index in [0.717, 1.165) is 28.9 Å². The lowest BCUT2D eigenvalue weighted by Gasteiger charge is -2.30. The van der Waals surface area contributed by atoms with Crippen LogP contribution in [0.1, 0.15) is 43.9 Å². The highest BCUT2D eigenvalue weighted by Gasteiger charge is 2.27. The van der Waals surface area contributed by atoms with Gasteiger partial charge in [-0.2, -0.15) is 0 Å². The Morgan fingerprint density at radius 2 is 1.72 bits per heavy atom. The highest BCUT2D eigenvalue weighted by atomic mass is 16.5. The summed E-state index contributed by atoms with van der Waals surface area (Å²) in [6.45, 7) is 8.14. The van der Waals surface area contributed by atoms with Crippen LogP contribution in [-0.2, 0) is 22.6 Å². The topological polar surface area (TPSA) is 58.6 Å². The molecule has 0 bridgehead atoms. The minimum absolute atomic E-state index is 0.0677. The first-order valence-electron chi connectivity index (χ1n) is 10.1. The smallest absolute Gasteiger partial charge is 0.242 e. The van der Waals surface area contributed by atoms with E-state index in [-0.39, 0.29) is 24.3 Å². The summed E-state index contributed by atoms with van der Waals surface area (Å²) in [5, 5.41) is 2.99. The molecule has 0 spiro atoms. The summed E-state index contributed by atoms with van der Waals surface area (Å²) in [7, 11) is 1.62. The second-order valence-corrected chi connectivity index (χ2v) is 7.47. The summed E-state index contributed by atoms with van der Waals surface area (Å²) in [5.41, 5.74) is 3.00. The molecule has 2 aromatic rings. The molecule has 2 atom stereocenters. The monoisotopic (exact) mass is 396 g/mol. The van der Waals surface area contributed by atoms with Crippen LogP contribution >= 0.6 is 0 Å². The van der Waals surface area contributed by atoms with E-state index in [4.69, 9.17) is 4.74 Å². The first kappa shape index (κ1) is 22.5. The average molecular weight is 397 g/mol. The Bertz CT molecular complexity index is 817. The lowest BCUT2D eigenvalue weighted by molar-refractivity contribution is -0.140. The third-order valence-corrected chi connectivity index (χ3v) is 5.28. The highest BCUT2D eigenvalue weighted by Crippen LogP contribution is 2.17. The lowest BCUT2D eigenvalue weighted by Crippen LogP contribution is -2.49. The van der Waals surface area contributed by atoms with Gasteiger partial charge in [0.2, 0.25) is 11.8 Å². The van der Waals surface area contributed by atoms with Gasteiger partial charge in [0.1, 0.15) is 11.8 Å². The maximum atomic E-state index is 13.2. The average Bonchev–Trinajstić information content (AvgIpc) is 2.73. The fraction of sp³-hybridized carbons (Fsp3) is 0.417. The number of carbonyl (C=O) groups is 2. The van der Waals surface area contributed by atoms with Crippen LogP contribution in [0.3, 0.4) is 0 Å². The van der Waals surface area contributed by atoms with Crippen molar-refractivity contribution in [2.75, 3.05) is 7.11 Å². The Labute approximate surface area is 174 Å². The van der Waals surface area contributed by atoms with Gasteiger partial charge in [0.15, 0.2) is 0 Å². The molecule has 0 fully saturated rings. The van der Waals surface area contributed by atoms with E-state index in [1.54, 1.807) is 18.9 Å². The minimum atomic E-state index is -0.567. The van der Waals surface area contributed by atoms with E-state index in [9.17, 15) is 9.59 Å². The lowest BCUT2D eigenvalue weighted by atomic mass is 10.0. The summed E-state index contributed by atoms with van der Waals surface area (Å²) in [6, 6.07) is 14.9. The molecular weight excluding hydrogens is 364 g/mol. The van der Waals surface area contributed by atoms with Crippen molar-refractivity contribution in [1.82, 2.24) is 10.2 Å². The van der Waals surface area contributed by atoms with Crippen molar-refractivity contribution in [2.24, 2.45) is 0 Å². The molecule has 29 heavy (non-hydrogen) atoms. The SMILES string of the molecule is CC[C@H](C)NC(=O)[C@@H](C)N(Cc1ccc(OC)cc1)C(=O)Cc1ccccc1C. The van der Waals surface area contributed by atoms with Gasteiger partial charge in [-0.15, -0.1) is 0 Å². The van der Waals surface area contributed by atoms with Crippen molar-refractivity contribution in [3.8, 4) is 5.75 Å². The van der Waals surface area contributed by atoms with E-state index >= 15 is 0 Å². The molecule has 2 amide bonds. The highest BCUT2D eigenvalue weighted by molar-refractivity contribution is 5.88. The zero-order valence-corrected chi connectivity index (χ0v) is 18.1. The number of carbonyl (C=O) groups excluding carboxylic acids is 2. The van der Waals surface area contributed by atoms with Crippen LogP contribution in [0, 0.1) is 6.92 Å². The van der Waals surface area contributed by atoms with Crippen LogP contribution in [0.2, 0.25) is 0 Å². The predicted molar refractivity (Wildman–Crippen MR) is 116 cm³/mol. The normalized spacial score (nSPS) is 12.7. The second-order valence-electron chi connectivity index (χ2n) is 7.47. The molecule has 1 N–H and O–H groups in total. The number of methoxy groups -OCH3 is 1. The van der Waals surface area contributed by atoms with Gasteiger partial charge in [0.25, 0.3) is 0 Å². The van der Waals surface area contributed by atoms with Crippen molar-refractivity contribution in [3.63, 3.8) is 0 Å². The standard InChI is InChI=1S/C24H32N2O3/c1-6-18(3)25-24(28)19(4)26(16-20-11-13-22(29-5)14-12-20)23(27)15-21-10-8-7-9-17(21)2/h7-14,18-19H,6,15-16H2,1-5H3,(H,25,28)/t18-,19+/m0/s1. The van der Waals surface area contributed by atoms with Crippen LogP contribution < -0.4 is 10.1 Å². The molecule has 0 aromatic heterocycles. The number of ether oxygens (including phenoxy) is 1. The largest absolute Gasteiger partial charge is 0.497 e. The Hall–Kier alpha value is -2.82. The van der Waals surface area contributed by atoms with Gasteiger partial charge in [-0.25, -0.2) is 0 Å². The zero-order chi connectivity index (χ0) is 21.4. The Balaban J connectivity index is 2.24. The summed E-state index contributed by atoms with van der Waals surface area (Å²) in [5.74, 6) is 0.557. The molecule has 0 heterocycles. The molecule has 5 heteroatoms.